The van der Waals surface area contributed by atoms with Gasteiger partial charge in [-0.15, -0.1) is 0 Å². The molecule has 2 aromatic carbocycles. The summed E-state index contributed by atoms with van der Waals surface area (Å²) in [5.74, 6) is 0. The van der Waals surface area contributed by atoms with Gasteiger partial charge in [0.2, 0.25) is 0 Å². The van der Waals surface area contributed by atoms with Gasteiger partial charge in [-0.05, 0) is 32.8 Å². The lowest BCUT2D eigenvalue weighted by atomic mass is 10.1. The van der Waals surface area contributed by atoms with Crippen LogP contribution in [0.25, 0.3) is 0 Å². The van der Waals surface area contributed by atoms with Crippen molar-refractivity contribution in [1.82, 2.24) is 0 Å². The maximum atomic E-state index is 2.18. The first-order chi connectivity index (χ1) is 9.11. The Morgan fingerprint density at radius 2 is 0.842 bits per heavy atom. The van der Waals surface area contributed by atoms with Crippen molar-refractivity contribution in [1.29, 1.82) is 0 Å². The summed E-state index contributed by atoms with van der Waals surface area (Å²) in [5.41, 5.74) is 5.42. The molecule has 0 fully saturated rings. The monoisotopic (exact) mass is 256 g/mol. The Bertz CT molecular complexity index is 400. The summed E-state index contributed by atoms with van der Waals surface area (Å²) in [4.78, 5) is 0. The van der Waals surface area contributed by atoms with Gasteiger partial charge in [0.15, 0.2) is 0 Å². The lowest BCUT2D eigenvalue weighted by Gasteiger charge is -1.94. The fourth-order valence-electron chi connectivity index (χ4n) is 1.46. The highest BCUT2D eigenvalue weighted by atomic mass is 13.9. The lowest BCUT2D eigenvalue weighted by Crippen LogP contribution is -1.77. The third-order valence-electron chi connectivity index (χ3n) is 2.75. The van der Waals surface area contributed by atoms with E-state index in [2.05, 4.69) is 76.2 Å². The van der Waals surface area contributed by atoms with Crippen LogP contribution in [0.4, 0.5) is 0 Å². The molecule has 104 valence electrons. The molecule has 0 aromatic heterocycles. The molecule has 0 saturated heterocycles. The second kappa shape index (κ2) is 10.4. The van der Waals surface area contributed by atoms with Crippen molar-refractivity contribution >= 4 is 0 Å². The fraction of sp³-hybridized carbons (Fsp3) is 0.368. The van der Waals surface area contributed by atoms with Crippen LogP contribution in [0.1, 0.15) is 43.0 Å². The third-order valence-corrected chi connectivity index (χ3v) is 2.75. The summed E-state index contributed by atoms with van der Waals surface area (Å²) in [6, 6.07) is 17.1. The van der Waals surface area contributed by atoms with Crippen LogP contribution in [-0.4, -0.2) is 0 Å². The average molecular weight is 256 g/mol. The minimum Gasteiger partial charge on any atom is -0.0683 e. The molecule has 2 rings (SSSR count). The number of rotatable bonds is 1. The van der Waals surface area contributed by atoms with Crippen molar-refractivity contribution in [2.75, 3.05) is 0 Å². The molecule has 0 unspecified atom stereocenters. The van der Waals surface area contributed by atoms with Crippen LogP contribution in [0.2, 0.25) is 0 Å². The Morgan fingerprint density at radius 1 is 0.579 bits per heavy atom. The predicted octanol–water partition coefficient (Wildman–Crippen LogP) is 5.89. The summed E-state index contributed by atoms with van der Waals surface area (Å²) in [7, 11) is 0. The quantitative estimate of drug-likeness (QED) is 0.597. The van der Waals surface area contributed by atoms with Gasteiger partial charge < -0.3 is 0 Å². The predicted molar refractivity (Wildman–Crippen MR) is 87.8 cm³/mol. The number of benzene rings is 2. The van der Waals surface area contributed by atoms with Crippen LogP contribution in [0, 0.1) is 20.8 Å². The molecule has 0 aliphatic carbocycles. The second-order valence-corrected chi connectivity index (χ2v) is 4.49. The van der Waals surface area contributed by atoms with E-state index in [4.69, 9.17) is 0 Å². The summed E-state index contributed by atoms with van der Waals surface area (Å²) in [5, 5.41) is 0. The summed E-state index contributed by atoms with van der Waals surface area (Å²) < 4.78 is 0. The molecule has 0 atom stereocenters. The van der Waals surface area contributed by atoms with Gasteiger partial charge in [-0.25, -0.2) is 0 Å². The van der Waals surface area contributed by atoms with E-state index in [1.807, 2.05) is 13.8 Å². The number of aryl methyl sites for hydroxylation is 4. The highest BCUT2D eigenvalue weighted by Crippen LogP contribution is 2.02. The van der Waals surface area contributed by atoms with Crippen LogP contribution < -0.4 is 0 Å². The molecule has 0 radical (unpaired) electrons. The van der Waals surface area contributed by atoms with Gasteiger partial charge in [-0.2, -0.15) is 0 Å². The highest BCUT2D eigenvalue weighted by molar-refractivity contribution is 5.21. The largest absolute Gasteiger partial charge is 0.0683 e. The van der Waals surface area contributed by atoms with Gasteiger partial charge in [-0.1, -0.05) is 86.0 Å². The minimum absolute atomic E-state index is 1.14. The van der Waals surface area contributed by atoms with Gasteiger partial charge in [0.05, 0.1) is 0 Å². The first-order valence-corrected chi connectivity index (χ1v) is 7.20. The maximum Gasteiger partial charge on any atom is -0.0307 e. The topological polar surface area (TPSA) is 0 Å². The molecule has 0 spiro atoms. The standard InChI is InChI=1S/C9H12.C8H10.C2H6/c1-3-9-6-4-8(2)5-7-9;1-7-3-5-8(2)6-4-7;1-2/h4-7H,3H2,1-2H3;3-6H,1-2H3;1-2H3. The first-order valence-electron chi connectivity index (χ1n) is 7.20. The molecule has 0 N–H and O–H groups in total. The van der Waals surface area contributed by atoms with Gasteiger partial charge >= 0.3 is 0 Å². The third kappa shape index (κ3) is 8.20. The van der Waals surface area contributed by atoms with E-state index in [0.29, 0.717) is 0 Å². The van der Waals surface area contributed by atoms with Crippen LogP contribution in [0.3, 0.4) is 0 Å². The van der Waals surface area contributed by atoms with Gasteiger partial charge in [-0.3, -0.25) is 0 Å². The molecule has 0 aliphatic heterocycles. The molecule has 0 bridgehead atoms. The van der Waals surface area contributed by atoms with E-state index < -0.39 is 0 Å². The SMILES string of the molecule is CC.CCc1ccc(C)cc1.Cc1ccc(C)cc1. The molecule has 0 heterocycles. The molecule has 0 nitrogen and oxygen atoms in total. The van der Waals surface area contributed by atoms with Gasteiger partial charge in [0.1, 0.15) is 0 Å². The summed E-state index contributed by atoms with van der Waals surface area (Å²) in [6.45, 7) is 12.5. The maximum absolute atomic E-state index is 2.18. The van der Waals surface area contributed by atoms with Crippen LogP contribution in [0.15, 0.2) is 48.5 Å². The fourth-order valence-corrected chi connectivity index (χ4v) is 1.46. The van der Waals surface area contributed by atoms with E-state index in [0.717, 1.165) is 6.42 Å². The first kappa shape index (κ1) is 17.4. The minimum atomic E-state index is 1.14. The lowest BCUT2D eigenvalue weighted by molar-refractivity contribution is 1.14. The van der Waals surface area contributed by atoms with Gasteiger partial charge in [0, 0.05) is 0 Å². The van der Waals surface area contributed by atoms with Crippen molar-refractivity contribution in [3.05, 3.63) is 70.8 Å². The second-order valence-electron chi connectivity index (χ2n) is 4.49. The van der Waals surface area contributed by atoms with Crippen molar-refractivity contribution in [2.45, 2.75) is 48.0 Å². The molecule has 0 aliphatic rings. The van der Waals surface area contributed by atoms with Crippen molar-refractivity contribution in [2.24, 2.45) is 0 Å². The molecule has 0 amide bonds. The molecule has 0 heteroatoms. The van der Waals surface area contributed by atoms with Crippen molar-refractivity contribution in [3.63, 3.8) is 0 Å². The van der Waals surface area contributed by atoms with E-state index in [1.165, 1.54) is 22.3 Å². The Hall–Kier alpha value is -1.56. The number of hydrogen-bond donors (Lipinski definition) is 0. The summed E-state index contributed by atoms with van der Waals surface area (Å²) >= 11 is 0. The van der Waals surface area contributed by atoms with E-state index in [1.54, 1.807) is 0 Å². The normalized spacial score (nSPS) is 8.74. The molecular weight excluding hydrogens is 228 g/mol. The van der Waals surface area contributed by atoms with Crippen molar-refractivity contribution < 1.29 is 0 Å². The zero-order chi connectivity index (χ0) is 14.7. The Labute approximate surface area is 119 Å². The Kier molecular flexibility index (Phi) is 9.52. The molecule has 0 saturated carbocycles. The summed E-state index contributed by atoms with van der Waals surface area (Å²) in [6.07, 6.45) is 1.14. The van der Waals surface area contributed by atoms with Crippen LogP contribution in [-0.2, 0) is 6.42 Å². The smallest absolute Gasteiger partial charge is 0.0307 e. The zero-order valence-electron chi connectivity index (χ0n) is 13.3. The van der Waals surface area contributed by atoms with Crippen LogP contribution >= 0.6 is 0 Å². The van der Waals surface area contributed by atoms with Gasteiger partial charge in [0.25, 0.3) is 0 Å². The van der Waals surface area contributed by atoms with Crippen LogP contribution in [0.5, 0.6) is 0 Å². The van der Waals surface area contributed by atoms with E-state index in [-0.39, 0.29) is 0 Å². The Balaban J connectivity index is 0.000000303. The zero-order valence-corrected chi connectivity index (χ0v) is 13.3. The molecular formula is C19H28. The molecule has 2 aromatic rings. The van der Waals surface area contributed by atoms with E-state index in [9.17, 15) is 0 Å². The van der Waals surface area contributed by atoms with Crippen molar-refractivity contribution in [3.8, 4) is 0 Å². The van der Waals surface area contributed by atoms with E-state index >= 15 is 0 Å². The number of hydrogen-bond acceptors (Lipinski definition) is 0. The Morgan fingerprint density at radius 3 is 1.11 bits per heavy atom. The molecule has 19 heavy (non-hydrogen) atoms. The highest BCUT2D eigenvalue weighted by Gasteiger charge is 1.84. The average Bonchev–Trinajstić information content (AvgIpc) is 2.46.